The average molecular weight is 338 g/mol. The quantitative estimate of drug-likeness (QED) is 0.890. The Hall–Kier alpha value is -0.890. The normalized spacial score (nSPS) is 18.4. The van der Waals surface area contributed by atoms with Crippen LogP contribution in [0.2, 0.25) is 5.02 Å². The predicted molar refractivity (Wildman–Crippen MR) is 77.4 cm³/mol. The molecule has 1 aliphatic heterocycles. The first-order valence-corrected chi connectivity index (χ1v) is 8.56. The standard InChI is InChI=1S/C13H17ClFNO4S/c14-10-2-1-3-11(12(10)15)20-8-13(9-21(16,17)18)4-6-19-7-5-13/h1-3H,4-9H2,(H2,16,17,18). The van der Waals surface area contributed by atoms with E-state index in [1.165, 1.54) is 12.1 Å². The third-order valence-corrected chi connectivity index (χ3v) is 4.82. The maximum Gasteiger partial charge on any atom is 0.209 e. The van der Waals surface area contributed by atoms with Gasteiger partial charge in [0.1, 0.15) is 0 Å². The number of benzene rings is 1. The van der Waals surface area contributed by atoms with Crippen molar-refractivity contribution in [1.29, 1.82) is 0 Å². The smallest absolute Gasteiger partial charge is 0.209 e. The van der Waals surface area contributed by atoms with Crippen LogP contribution in [-0.2, 0) is 14.8 Å². The molecule has 1 aromatic rings. The fourth-order valence-electron chi connectivity index (χ4n) is 2.39. The molecule has 1 heterocycles. The van der Waals surface area contributed by atoms with Crippen LogP contribution in [0, 0.1) is 11.2 Å². The molecule has 5 nitrogen and oxygen atoms in total. The van der Waals surface area contributed by atoms with E-state index in [4.69, 9.17) is 26.2 Å². The Bertz CT molecular complexity index is 602. The third kappa shape index (κ3) is 4.54. The van der Waals surface area contributed by atoms with Crippen LogP contribution in [0.3, 0.4) is 0 Å². The number of nitrogens with two attached hydrogens (primary N) is 1. The summed E-state index contributed by atoms with van der Waals surface area (Å²) in [7, 11) is -3.66. The molecule has 0 amide bonds. The molecule has 0 bridgehead atoms. The van der Waals surface area contributed by atoms with Crippen molar-refractivity contribution in [2.24, 2.45) is 10.6 Å². The first kappa shape index (κ1) is 16.5. The van der Waals surface area contributed by atoms with Crippen molar-refractivity contribution in [3.05, 3.63) is 29.0 Å². The van der Waals surface area contributed by atoms with Crippen LogP contribution in [0.5, 0.6) is 5.75 Å². The summed E-state index contributed by atoms with van der Waals surface area (Å²) in [5, 5.41) is 5.11. The Morgan fingerprint density at radius 3 is 2.67 bits per heavy atom. The van der Waals surface area contributed by atoms with Gasteiger partial charge in [0.2, 0.25) is 10.0 Å². The molecule has 1 aromatic carbocycles. The van der Waals surface area contributed by atoms with E-state index in [9.17, 15) is 12.8 Å². The Kier molecular flexibility index (Phi) is 5.08. The lowest BCUT2D eigenvalue weighted by Crippen LogP contribution is -2.42. The van der Waals surface area contributed by atoms with Crippen LogP contribution in [-0.4, -0.2) is 34.0 Å². The monoisotopic (exact) mass is 337 g/mol. The fourth-order valence-corrected chi connectivity index (χ4v) is 3.78. The third-order valence-electron chi connectivity index (χ3n) is 3.51. The molecule has 1 saturated heterocycles. The molecule has 2 N–H and O–H groups in total. The van der Waals surface area contributed by atoms with E-state index in [2.05, 4.69) is 0 Å². The number of ether oxygens (including phenoxy) is 2. The van der Waals surface area contributed by atoms with Gasteiger partial charge in [-0.05, 0) is 25.0 Å². The highest BCUT2D eigenvalue weighted by Crippen LogP contribution is 2.33. The van der Waals surface area contributed by atoms with E-state index in [1.54, 1.807) is 6.07 Å². The number of rotatable bonds is 5. The second kappa shape index (κ2) is 6.48. The van der Waals surface area contributed by atoms with E-state index in [-0.39, 0.29) is 23.1 Å². The van der Waals surface area contributed by atoms with Gasteiger partial charge in [0.15, 0.2) is 11.6 Å². The number of halogens is 2. The van der Waals surface area contributed by atoms with Crippen LogP contribution < -0.4 is 9.88 Å². The summed E-state index contributed by atoms with van der Waals surface area (Å²) in [6.45, 7) is 0.901. The van der Waals surface area contributed by atoms with Crippen molar-refractivity contribution in [3.63, 3.8) is 0 Å². The molecule has 8 heteroatoms. The molecule has 0 aromatic heterocycles. The average Bonchev–Trinajstić information content (AvgIpc) is 2.40. The van der Waals surface area contributed by atoms with Crippen molar-refractivity contribution in [3.8, 4) is 5.75 Å². The molecule has 21 heavy (non-hydrogen) atoms. The van der Waals surface area contributed by atoms with Gasteiger partial charge >= 0.3 is 0 Å². The van der Waals surface area contributed by atoms with Crippen molar-refractivity contribution < 1.29 is 22.3 Å². The SMILES string of the molecule is NS(=O)(=O)CC1(COc2cccc(Cl)c2F)CCOCC1. The van der Waals surface area contributed by atoms with Crippen LogP contribution in [0.25, 0.3) is 0 Å². The lowest BCUT2D eigenvalue weighted by Gasteiger charge is -2.36. The topological polar surface area (TPSA) is 78.6 Å². The molecule has 0 aliphatic carbocycles. The molecule has 1 fully saturated rings. The zero-order valence-electron chi connectivity index (χ0n) is 11.3. The summed E-state index contributed by atoms with van der Waals surface area (Å²) in [5.41, 5.74) is -0.666. The molecular formula is C13H17ClFNO4S. The minimum absolute atomic E-state index is 0.00258. The van der Waals surface area contributed by atoms with Crippen molar-refractivity contribution in [1.82, 2.24) is 0 Å². The second-order valence-electron chi connectivity index (χ2n) is 5.26. The lowest BCUT2D eigenvalue weighted by atomic mass is 9.83. The van der Waals surface area contributed by atoms with E-state index in [0.717, 1.165) is 0 Å². The summed E-state index contributed by atoms with van der Waals surface area (Å²) >= 11 is 5.69. The molecule has 0 atom stereocenters. The molecule has 0 saturated carbocycles. The summed E-state index contributed by atoms with van der Waals surface area (Å²) in [5.74, 6) is -0.870. The van der Waals surface area contributed by atoms with Crippen molar-refractivity contribution in [2.45, 2.75) is 12.8 Å². The summed E-state index contributed by atoms with van der Waals surface area (Å²) in [6.07, 6.45) is 0.983. The first-order valence-electron chi connectivity index (χ1n) is 6.46. The molecule has 1 aliphatic rings. The summed E-state index contributed by atoms with van der Waals surface area (Å²) in [6, 6.07) is 4.43. The van der Waals surface area contributed by atoms with Crippen LogP contribution in [0.15, 0.2) is 18.2 Å². The minimum Gasteiger partial charge on any atom is -0.490 e. The minimum atomic E-state index is -3.66. The largest absolute Gasteiger partial charge is 0.490 e. The van der Waals surface area contributed by atoms with Gasteiger partial charge in [0.05, 0.1) is 17.4 Å². The number of primary sulfonamides is 1. The molecular weight excluding hydrogens is 321 g/mol. The van der Waals surface area contributed by atoms with E-state index in [1.807, 2.05) is 0 Å². The highest BCUT2D eigenvalue weighted by atomic mass is 35.5. The van der Waals surface area contributed by atoms with Gasteiger partial charge in [0.25, 0.3) is 0 Å². The molecule has 0 unspecified atom stereocenters. The molecule has 0 spiro atoms. The Balaban J connectivity index is 2.14. The summed E-state index contributed by atoms with van der Waals surface area (Å²) in [4.78, 5) is 0. The second-order valence-corrected chi connectivity index (χ2v) is 7.28. The van der Waals surface area contributed by atoms with Gasteiger partial charge < -0.3 is 9.47 Å². The lowest BCUT2D eigenvalue weighted by molar-refractivity contribution is 0.00145. The zero-order chi connectivity index (χ0) is 15.5. The number of sulfonamides is 1. The van der Waals surface area contributed by atoms with Gasteiger partial charge in [-0.25, -0.2) is 17.9 Å². The number of hydrogen-bond donors (Lipinski definition) is 1. The molecule has 118 valence electrons. The van der Waals surface area contributed by atoms with Crippen molar-refractivity contribution >= 4 is 21.6 Å². The predicted octanol–water partition coefficient (Wildman–Crippen LogP) is 1.94. The molecule has 2 rings (SSSR count). The maximum absolute atomic E-state index is 13.8. The van der Waals surface area contributed by atoms with Crippen LogP contribution in [0.1, 0.15) is 12.8 Å². The Labute approximate surface area is 128 Å². The molecule has 0 radical (unpaired) electrons. The van der Waals surface area contributed by atoms with Gasteiger partial charge in [-0.15, -0.1) is 0 Å². The number of hydrogen-bond acceptors (Lipinski definition) is 4. The van der Waals surface area contributed by atoms with Gasteiger partial charge in [0, 0.05) is 18.6 Å². The van der Waals surface area contributed by atoms with Crippen molar-refractivity contribution in [2.75, 3.05) is 25.6 Å². The van der Waals surface area contributed by atoms with Gasteiger partial charge in [-0.1, -0.05) is 17.7 Å². The Morgan fingerprint density at radius 1 is 1.38 bits per heavy atom. The zero-order valence-corrected chi connectivity index (χ0v) is 12.9. The summed E-state index contributed by atoms with van der Waals surface area (Å²) < 4.78 is 47.4. The van der Waals surface area contributed by atoms with E-state index < -0.39 is 21.3 Å². The van der Waals surface area contributed by atoms with Gasteiger partial charge in [-0.3, -0.25) is 0 Å². The highest BCUT2D eigenvalue weighted by molar-refractivity contribution is 7.89. The van der Waals surface area contributed by atoms with Gasteiger partial charge in [-0.2, -0.15) is 0 Å². The Morgan fingerprint density at radius 2 is 2.05 bits per heavy atom. The van der Waals surface area contributed by atoms with Crippen LogP contribution in [0.4, 0.5) is 4.39 Å². The first-order chi connectivity index (χ1) is 9.81. The highest BCUT2D eigenvalue weighted by Gasteiger charge is 2.37. The fraction of sp³-hybridized carbons (Fsp3) is 0.538. The van der Waals surface area contributed by atoms with E-state index in [0.29, 0.717) is 26.1 Å². The van der Waals surface area contributed by atoms with E-state index >= 15 is 0 Å². The van der Waals surface area contributed by atoms with Crippen LogP contribution >= 0.6 is 11.6 Å². The maximum atomic E-state index is 13.8.